The van der Waals surface area contributed by atoms with E-state index in [0.717, 1.165) is 37.4 Å². The number of piperazine rings is 1. The zero-order valence-corrected chi connectivity index (χ0v) is 15.4. The molecule has 0 radical (unpaired) electrons. The minimum Gasteiger partial charge on any atom is -0.354 e. The van der Waals surface area contributed by atoms with E-state index in [1.165, 1.54) is 10.5 Å². The molecule has 1 saturated heterocycles. The molecule has 0 saturated carbocycles. The van der Waals surface area contributed by atoms with Gasteiger partial charge in [-0.3, -0.25) is 9.20 Å². The van der Waals surface area contributed by atoms with Gasteiger partial charge in [-0.2, -0.15) is 0 Å². The van der Waals surface area contributed by atoms with Gasteiger partial charge in [0.1, 0.15) is 11.5 Å². The standard InChI is InChI=1S/C20H19FN6O/c1-13-10-26-11-15(8-16(21)20(26)23-13)14-2-3-17-24-18(9-19(28)27(17)12-14)25-6-4-22-5-7-25/h2-3,8-12,22H,4-7H2,1H3. The zero-order valence-electron chi connectivity index (χ0n) is 15.4. The number of aromatic nitrogens is 4. The van der Waals surface area contributed by atoms with Crippen LogP contribution >= 0.6 is 0 Å². The molecule has 0 amide bonds. The van der Waals surface area contributed by atoms with Crippen molar-refractivity contribution in [3.05, 3.63) is 64.7 Å². The van der Waals surface area contributed by atoms with Crippen LogP contribution in [0.2, 0.25) is 0 Å². The summed E-state index contributed by atoms with van der Waals surface area (Å²) in [6.45, 7) is 5.22. The first-order valence-electron chi connectivity index (χ1n) is 9.23. The summed E-state index contributed by atoms with van der Waals surface area (Å²) >= 11 is 0. The molecular formula is C20H19FN6O. The topological polar surface area (TPSA) is 66.9 Å². The third-order valence-electron chi connectivity index (χ3n) is 5.05. The minimum atomic E-state index is -0.398. The molecule has 7 nitrogen and oxygen atoms in total. The van der Waals surface area contributed by atoms with Crippen molar-refractivity contribution in [1.29, 1.82) is 0 Å². The molecule has 8 heteroatoms. The largest absolute Gasteiger partial charge is 0.354 e. The SMILES string of the molecule is Cc1cn2cc(-c3ccc4nc(N5CCNCC5)cc(=O)n4c3)cc(F)c2n1. The average Bonchev–Trinajstić information content (AvgIpc) is 3.09. The number of hydrogen-bond donors (Lipinski definition) is 1. The lowest BCUT2D eigenvalue weighted by Crippen LogP contribution is -2.44. The number of pyridine rings is 2. The summed E-state index contributed by atoms with van der Waals surface area (Å²) in [5.41, 5.74) is 2.86. The van der Waals surface area contributed by atoms with Crippen LogP contribution < -0.4 is 15.8 Å². The Morgan fingerprint density at radius 3 is 2.68 bits per heavy atom. The molecule has 0 unspecified atom stereocenters. The number of nitrogens with zero attached hydrogens (tertiary/aromatic N) is 5. The Hall–Kier alpha value is -3.26. The molecule has 0 aromatic carbocycles. The summed E-state index contributed by atoms with van der Waals surface area (Å²) in [7, 11) is 0. The van der Waals surface area contributed by atoms with Crippen LogP contribution in [-0.2, 0) is 0 Å². The molecule has 1 N–H and O–H groups in total. The zero-order chi connectivity index (χ0) is 19.3. The number of fused-ring (bicyclic) bond motifs is 2. The van der Waals surface area contributed by atoms with Crippen molar-refractivity contribution < 1.29 is 4.39 Å². The molecule has 0 aliphatic carbocycles. The van der Waals surface area contributed by atoms with Crippen molar-refractivity contribution >= 4 is 17.1 Å². The second kappa shape index (κ2) is 6.42. The maximum atomic E-state index is 14.4. The number of hydrogen-bond acceptors (Lipinski definition) is 5. The van der Waals surface area contributed by atoms with Crippen LogP contribution in [0.3, 0.4) is 0 Å². The van der Waals surface area contributed by atoms with Crippen LogP contribution in [0.4, 0.5) is 10.2 Å². The van der Waals surface area contributed by atoms with E-state index in [0.29, 0.717) is 22.7 Å². The molecule has 142 valence electrons. The van der Waals surface area contributed by atoms with Gasteiger partial charge in [-0.25, -0.2) is 14.4 Å². The summed E-state index contributed by atoms with van der Waals surface area (Å²) in [5.74, 6) is 0.297. The van der Waals surface area contributed by atoms with Crippen molar-refractivity contribution in [2.24, 2.45) is 0 Å². The Kier molecular flexibility index (Phi) is 3.87. The van der Waals surface area contributed by atoms with Crippen LogP contribution in [0.1, 0.15) is 5.69 Å². The average molecular weight is 378 g/mol. The van der Waals surface area contributed by atoms with E-state index in [4.69, 9.17) is 0 Å². The van der Waals surface area contributed by atoms with Gasteiger partial charge >= 0.3 is 0 Å². The quantitative estimate of drug-likeness (QED) is 0.577. The van der Waals surface area contributed by atoms with Crippen LogP contribution in [0.25, 0.3) is 22.4 Å². The first kappa shape index (κ1) is 16.9. The highest BCUT2D eigenvalue weighted by molar-refractivity contribution is 5.66. The lowest BCUT2D eigenvalue weighted by molar-refractivity contribution is 0.584. The Labute approximate surface area is 160 Å². The molecule has 0 atom stereocenters. The highest BCUT2D eigenvalue weighted by Gasteiger charge is 2.14. The summed E-state index contributed by atoms with van der Waals surface area (Å²) in [6.07, 6.45) is 5.29. The highest BCUT2D eigenvalue weighted by atomic mass is 19.1. The molecule has 0 bridgehead atoms. The predicted octanol–water partition coefficient (Wildman–Crippen LogP) is 1.87. The number of halogens is 1. The first-order chi connectivity index (χ1) is 13.6. The summed E-state index contributed by atoms with van der Waals surface area (Å²) in [4.78, 5) is 23.6. The van der Waals surface area contributed by atoms with Crippen molar-refractivity contribution in [1.82, 2.24) is 24.1 Å². The van der Waals surface area contributed by atoms with Gasteiger partial charge in [0.15, 0.2) is 11.5 Å². The van der Waals surface area contributed by atoms with Gasteiger partial charge in [0.05, 0.1) is 5.69 Å². The molecule has 1 aliphatic heterocycles. The van der Waals surface area contributed by atoms with Gasteiger partial charge in [-0.15, -0.1) is 0 Å². The lowest BCUT2D eigenvalue weighted by atomic mass is 10.1. The van der Waals surface area contributed by atoms with Gasteiger partial charge in [0, 0.05) is 62.0 Å². The molecule has 1 fully saturated rings. The van der Waals surface area contributed by atoms with E-state index >= 15 is 0 Å². The van der Waals surface area contributed by atoms with Gasteiger partial charge < -0.3 is 14.6 Å². The van der Waals surface area contributed by atoms with Crippen molar-refractivity contribution in [2.75, 3.05) is 31.1 Å². The fraction of sp³-hybridized carbons (Fsp3) is 0.250. The summed E-state index contributed by atoms with van der Waals surface area (Å²) in [5, 5.41) is 3.29. The fourth-order valence-corrected chi connectivity index (χ4v) is 3.65. The second-order valence-electron chi connectivity index (χ2n) is 7.03. The van der Waals surface area contributed by atoms with Gasteiger partial charge in [-0.1, -0.05) is 0 Å². The Balaban J connectivity index is 1.60. The summed E-state index contributed by atoms with van der Waals surface area (Å²) in [6, 6.07) is 6.65. The van der Waals surface area contributed by atoms with E-state index in [2.05, 4.69) is 20.2 Å². The van der Waals surface area contributed by atoms with Crippen LogP contribution in [0.5, 0.6) is 0 Å². The molecular weight excluding hydrogens is 359 g/mol. The summed E-state index contributed by atoms with van der Waals surface area (Å²) < 4.78 is 17.6. The molecule has 28 heavy (non-hydrogen) atoms. The van der Waals surface area contributed by atoms with E-state index in [1.54, 1.807) is 28.9 Å². The molecule has 0 spiro atoms. The monoisotopic (exact) mass is 378 g/mol. The molecule has 5 rings (SSSR count). The maximum Gasteiger partial charge on any atom is 0.259 e. The Bertz CT molecular complexity index is 1260. The Morgan fingerprint density at radius 1 is 1.04 bits per heavy atom. The number of imidazole rings is 1. The number of anilines is 1. The van der Waals surface area contributed by atoms with Crippen LogP contribution in [0, 0.1) is 12.7 Å². The first-order valence-corrected chi connectivity index (χ1v) is 9.23. The van der Waals surface area contributed by atoms with Crippen molar-refractivity contribution in [2.45, 2.75) is 6.92 Å². The molecule has 1 aliphatic rings. The van der Waals surface area contributed by atoms with E-state index in [9.17, 15) is 9.18 Å². The smallest absolute Gasteiger partial charge is 0.259 e. The molecule has 4 aromatic heterocycles. The van der Waals surface area contributed by atoms with Gasteiger partial charge in [-0.05, 0) is 25.1 Å². The van der Waals surface area contributed by atoms with Gasteiger partial charge in [0.2, 0.25) is 0 Å². The third-order valence-corrected chi connectivity index (χ3v) is 5.05. The highest BCUT2D eigenvalue weighted by Crippen LogP contribution is 2.23. The number of rotatable bonds is 2. The lowest BCUT2D eigenvalue weighted by Gasteiger charge is -2.28. The van der Waals surface area contributed by atoms with E-state index in [1.807, 2.05) is 19.2 Å². The normalized spacial score (nSPS) is 14.9. The van der Waals surface area contributed by atoms with E-state index in [-0.39, 0.29) is 5.56 Å². The van der Waals surface area contributed by atoms with E-state index < -0.39 is 5.82 Å². The molecule has 5 heterocycles. The van der Waals surface area contributed by atoms with Crippen LogP contribution in [0.15, 0.2) is 47.7 Å². The van der Waals surface area contributed by atoms with Crippen LogP contribution in [-0.4, -0.2) is 44.9 Å². The minimum absolute atomic E-state index is 0.152. The Morgan fingerprint density at radius 2 is 1.86 bits per heavy atom. The number of aryl methyl sites for hydroxylation is 1. The third kappa shape index (κ3) is 2.82. The molecule has 4 aromatic rings. The maximum absolute atomic E-state index is 14.4. The second-order valence-corrected chi connectivity index (χ2v) is 7.03. The fourth-order valence-electron chi connectivity index (χ4n) is 3.65. The van der Waals surface area contributed by atoms with Crippen molar-refractivity contribution in [3.8, 4) is 11.1 Å². The predicted molar refractivity (Wildman–Crippen MR) is 105 cm³/mol. The van der Waals surface area contributed by atoms with Gasteiger partial charge in [0.25, 0.3) is 5.56 Å². The number of nitrogens with one attached hydrogen (secondary N) is 1. The van der Waals surface area contributed by atoms with Crippen molar-refractivity contribution in [3.63, 3.8) is 0 Å².